The van der Waals surface area contributed by atoms with Gasteiger partial charge >= 0.3 is 0 Å². The van der Waals surface area contributed by atoms with Crippen molar-refractivity contribution in [1.29, 1.82) is 0 Å². The summed E-state index contributed by atoms with van der Waals surface area (Å²) in [5.74, 6) is 0. The van der Waals surface area contributed by atoms with Gasteiger partial charge in [-0.1, -0.05) is 20.3 Å². The molecule has 0 rings (SSSR count). The van der Waals surface area contributed by atoms with E-state index in [2.05, 4.69) is 27.7 Å². The lowest BCUT2D eigenvalue weighted by Gasteiger charge is -2.29. The van der Waals surface area contributed by atoms with Crippen molar-refractivity contribution in [2.45, 2.75) is 58.7 Å². The molecule has 0 aromatic heterocycles. The molecule has 2 N–H and O–H groups in total. The zero-order valence-corrected chi connectivity index (χ0v) is 8.89. The standard InChI is InChI=1S/C10H23NO/c1-5-7-9(8-11)12-10(3,4)6-2/h9H,5-8,11H2,1-4H3. The molecular weight excluding hydrogens is 150 g/mol. The van der Waals surface area contributed by atoms with E-state index in [4.69, 9.17) is 10.5 Å². The Kier molecular flexibility index (Phi) is 5.51. The summed E-state index contributed by atoms with van der Waals surface area (Å²) in [6.07, 6.45) is 3.49. The van der Waals surface area contributed by atoms with Crippen LogP contribution in [0.4, 0.5) is 0 Å². The second kappa shape index (κ2) is 5.55. The lowest BCUT2D eigenvalue weighted by molar-refractivity contribution is -0.0722. The fourth-order valence-corrected chi connectivity index (χ4v) is 1.08. The van der Waals surface area contributed by atoms with Gasteiger partial charge in [0.2, 0.25) is 0 Å². The first-order valence-corrected chi connectivity index (χ1v) is 4.93. The molecule has 0 fully saturated rings. The van der Waals surface area contributed by atoms with Crippen LogP contribution in [0.2, 0.25) is 0 Å². The van der Waals surface area contributed by atoms with E-state index < -0.39 is 0 Å². The van der Waals surface area contributed by atoms with E-state index in [0.717, 1.165) is 19.3 Å². The summed E-state index contributed by atoms with van der Waals surface area (Å²) >= 11 is 0. The number of nitrogens with two attached hydrogens (primary N) is 1. The van der Waals surface area contributed by atoms with Crippen LogP contribution < -0.4 is 5.73 Å². The monoisotopic (exact) mass is 173 g/mol. The van der Waals surface area contributed by atoms with Gasteiger partial charge < -0.3 is 10.5 Å². The maximum atomic E-state index is 5.85. The molecule has 0 spiro atoms. The number of ether oxygens (including phenoxy) is 1. The predicted octanol–water partition coefficient (Wildman–Crippen LogP) is 2.32. The summed E-state index contributed by atoms with van der Waals surface area (Å²) in [6, 6.07) is 0. The molecule has 0 heterocycles. The zero-order chi connectivity index (χ0) is 9.61. The minimum Gasteiger partial charge on any atom is -0.371 e. The van der Waals surface area contributed by atoms with Gasteiger partial charge in [-0.2, -0.15) is 0 Å². The average Bonchev–Trinajstić information content (AvgIpc) is 2.03. The molecule has 0 aliphatic heterocycles. The van der Waals surface area contributed by atoms with E-state index >= 15 is 0 Å². The Morgan fingerprint density at radius 2 is 1.92 bits per heavy atom. The molecule has 0 aromatic carbocycles. The Morgan fingerprint density at radius 3 is 2.25 bits per heavy atom. The minimum atomic E-state index is -0.0147. The normalized spacial score (nSPS) is 14.8. The van der Waals surface area contributed by atoms with Gasteiger partial charge in [0.1, 0.15) is 0 Å². The molecule has 0 bridgehead atoms. The molecule has 0 saturated carbocycles. The molecular formula is C10H23NO. The lowest BCUT2D eigenvalue weighted by atomic mass is 10.1. The minimum absolute atomic E-state index is 0.0147. The first kappa shape index (κ1) is 11.9. The first-order chi connectivity index (χ1) is 5.55. The fraction of sp³-hybridized carbons (Fsp3) is 1.00. The third kappa shape index (κ3) is 4.73. The molecule has 1 atom stereocenters. The van der Waals surface area contributed by atoms with Gasteiger partial charge in [0.25, 0.3) is 0 Å². The zero-order valence-electron chi connectivity index (χ0n) is 8.89. The van der Waals surface area contributed by atoms with Crippen LogP contribution in [0.3, 0.4) is 0 Å². The third-order valence-corrected chi connectivity index (χ3v) is 2.21. The van der Waals surface area contributed by atoms with Crippen molar-refractivity contribution in [3.05, 3.63) is 0 Å². The Labute approximate surface area is 76.5 Å². The highest BCUT2D eigenvalue weighted by molar-refractivity contribution is 4.70. The van der Waals surface area contributed by atoms with Crippen LogP contribution in [0.15, 0.2) is 0 Å². The molecule has 2 nitrogen and oxygen atoms in total. The van der Waals surface area contributed by atoms with Crippen molar-refractivity contribution in [3.8, 4) is 0 Å². The van der Waals surface area contributed by atoms with Crippen LogP contribution in [0.5, 0.6) is 0 Å². The van der Waals surface area contributed by atoms with Gasteiger partial charge in [-0.05, 0) is 26.7 Å². The van der Waals surface area contributed by atoms with E-state index in [9.17, 15) is 0 Å². The van der Waals surface area contributed by atoms with Crippen molar-refractivity contribution in [1.82, 2.24) is 0 Å². The average molecular weight is 173 g/mol. The number of hydrogen-bond donors (Lipinski definition) is 1. The SMILES string of the molecule is CCCC(CN)OC(C)(C)CC. The second-order valence-electron chi connectivity index (χ2n) is 3.88. The van der Waals surface area contributed by atoms with Crippen LogP contribution in [0, 0.1) is 0 Å². The van der Waals surface area contributed by atoms with E-state index in [1.165, 1.54) is 0 Å². The van der Waals surface area contributed by atoms with Crippen molar-refractivity contribution in [3.63, 3.8) is 0 Å². The van der Waals surface area contributed by atoms with Gasteiger partial charge in [0, 0.05) is 6.54 Å². The molecule has 0 saturated heterocycles. The van der Waals surface area contributed by atoms with E-state index in [1.807, 2.05) is 0 Å². The predicted molar refractivity (Wildman–Crippen MR) is 53.2 cm³/mol. The fourth-order valence-electron chi connectivity index (χ4n) is 1.08. The number of rotatable bonds is 6. The highest BCUT2D eigenvalue weighted by Crippen LogP contribution is 2.17. The van der Waals surface area contributed by atoms with Gasteiger partial charge in [-0.15, -0.1) is 0 Å². The maximum Gasteiger partial charge on any atom is 0.0704 e. The molecule has 2 heteroatoms. The Hall–Kier alpha value is -0.0800. The van der Waals surface area contributed by atoms with Crippen molar-refractivity contribution >= 4 is 0 Å². The maximum absolute atomic E-state index is 5.85. The summed E-state index contributed by atoms with van der Waals surface area (Å²) in [4.78, 5) is 0. The van der Waals surface area contributed by atoms with Crippen LogP contribution in [0.25, 0.3) is 0 Å². The Balaban J connectivity index is 3.83. The smallest absolute Gasteiger partial charge is 0.0704 e. The quantitative estimate of drug-likeness (QED) is 0.669. The van der Waals surface area contributed by atoms with E-state index in [1.54, 1.807) is 0 Å². The summed E-state index contributed by atoms with van der Waals surface area (Å²) < 4.78 is 5.85. The second-order valence-corrected chi connectivity index (χ2v) is 3.88. The molecule has 74 valence electrons. The summed E-state index contributed by atoms with van der Waals surface area (Å²) in [5, 5.41) is 0. The molecule has 0 aromatic rings. The van der Waals surface area contributed by atoms with Gasteiger partial charge in [-0.25, -0.2) is 0 Å². The van der Waals surface area contributed by atoms with Crippen LogP contribution in [0.1, 0.15) is 47.0 Å². The van der Waals surface area contributed by atoms with Crippen molar-refractivity contribution < 1.29 is 4.74 Å². The van der Waals surface area contributed by atoms with E-state index in [-0.39, 0.29) is 11.7 Å². The highest BCUT2D eigenvalue weighted by Gasteiger charge is 2.19. The first-order valence-electron chi connectivity index (χ1n) is 4.93. The molecule has 12 heavy (non-hydrogen) atoms. The van der Waals surface area contributed by atoms with Crippen LogP contribution >= 0.6 is 0 Å². The van der Waals surface area contributed by atoms with Crippen molar-refractivity contribution in [2.75, 3.05) is 6.54 Å². The number of hydrogen-bond acceptors (Lipinski definition) is 2. The van der Waals surface area contributed by atoms with Gasteiger partial charge in [0.05, 0.1) is 11.7 Å². The Bertz CT molecular complexity index is 112. The lowest BCUT2D eigenvalue weighted by Crippen LogP contribution is -2.34. The molecule has 0 aliphatic carbocycles. The van der Waals surface area contributed by atoms with E-state index in [0.29, 0.717) is 6.54 Å². The Morgan fingerprint density at radius 1 is 1.33 bits per heavy atom. The summed E-state index contributed by atoms with van der Waals surface area (Å²) in [5.41, 5.74) is 5.58. The largest absolute Gasteiger partial charge is 0.371 e. The molecule has 0 amide bonds. The van der Waals surface area contributed by atoms with Crippen LogP contribution in [-0.4, -0.2) is 18.2 Å². The third-order valence-electron chi connectivity index (χ3n) is 2.21. The molecule has 0 radical (unpaired) electrons. The topological polar surface area (TPSA) is 35.2 Å². The van der Waals surface area contributed by atoms with Crippen molar-refractivity contribution in [2.24, 2.45) is 5.73 Å². The summed E-state index contributed by atoms with van der Waals surface area (Å²) in [6.45, 7) is 9.17. The van der Waals surface area contributed by atoms with Crippen LogP contribution in [-0.2, 0) is 4.74 Å². The molecule has 1 unspecified atom stereocenters. The van der Waals surface area contributed by atoms with Gasteiger partial charge in [0.15, 0.2) is 0 Å². The highest BCUT2D eigenvalue weighted by atomic mass is 16.5. The summed E-state index contributed by atoms with van der Waals surface area (Å²) in [7, 11) is 0. The molecule has 0 aliphatic rings. The van der Waals surface area contributed by atoms with Gasteiger partial charge in [-0.3, -0.25) is 0 Å².